The first-order valence-electron chi connectivity index (χ1n) is 13.8. The molecular formula is C31H43NO3. The summed E-state index contributed by atoms with van der Waals surface area (Å²) in [6, 6.07) is 2.23. The Morgan fingerprint density at radius 2 is 1.77 bits per heavy atom. The van der Waals surface area contributed by atoms with Crippen LogP contribution in [0.1, 0.15) is 92.9 Å². The van der Waals surface area contributed by atoms with Gasteiger partial charge in [-0.15, -0.1) is 0 Å². The molecule has 190 valence electrons. The maximum atomic E-state index is 13.3. The first-order chi connectivity index (χ1) is 16.3. The third-order valence-electron chi connectivity index (χ3n) is 12.3. The number of carbonyl (C=O) groups excluding carboxylic acids is 2. The SMILES string of the molecule is COC(=O)C12CCC(C)(C)CC1C1=CCC3C4(C)C=C(C#N)C(=O)C(C)C4CCC3(C)C1(C)CC2. The van der Waals surface area contributed by atoms with Crippen LogP contribution >= 0.6 is 0 Å². The molecule has 8 atom stereocenters. The fraction of sp³-hybridized carbons (Fsp3) is 0.774. The molecule has 0 saturated heterocycles. The summed E-state index contributed by atoms with van der Waals surface area (Å²) in [6.45, 7) is 14.0. The minimum absolute atomic E-state index is 0.00481. The molecule has 0 spiro atoms. The topological polar surface area (TPSA) is 67.2 Å². The van der Waals surface area contributed by atoms with E-state index in [2.05, 4.69) is 52.8 Å². The minimum atomic E-state index is -0.389. The van der Waals surface area contributed by atoms with Gasteiger partial charge in [-0.1, -0.05) is 59.3 Å². The van der Waals surface area contributed by atoms with Crippen molar-refractivity contribution in [1.29, 1.82) is 5.26 Å². The molecule has 0 aromatic heterocycles. The van der Waals surface area contributed by atoms with E-state index in [1.165, 1.54) is 5.57 Å². The number of carbonyl (C=O) groups is 2. The number of hydrogen-bond acceptors (Lipinski definition) is 4. The normalized spacial score (nSPS) is 48.1. The van der Waals surface area contributed by atoms with Crippen molar-refractivity contribution in [2.45, 2.75) is 92.9 Å². The lowest BCUT2D eigenvalue weighted by molar-refractivity contribution is -0.174. The number of fused-ring (bicyclic) bond motifs is 7. The molecule has 8 unspecified atom stereocenters. The van der Waals surface area contributed by atoms with Gasteiger partial charge >= 0.3 is 5.97 Å². The summed E-state index contributed by atoms with van der Waals surface area (Å²) in [7, 11) is 1.56. The van der Waals surface area contributed by atoms with Crippen LogP contribution in [0.25, 0.3) is 0 Å². The van der Waals surface area contributed by atoms with Gasteiger partial charge in [0.15, 0.2) is 5.78 Å². The van der Waals surface area contributed by atoms with E-state index in [-0.39, 0.29) is 56.6 Å². The number of nitriles is 1. The number of methoxy groups -OCH3 is 1. The second-order valence-corrected chi connectivity index (χ2v) is 14.1. The number of allylic oxidation sites excluding steroid dienone is 4. The Kier molecular flexibility index (Phi) is 5.36. The summed E-state index contributed by atoms with van der Waals surface area (Å²) in [5, 5.41) is 9.77. The third kappa shape index (κ3) is 3.02. The van der Waals surface area contributed by atoms with Crippen LogP contribution in [0.4, 0.5) is 0 Å². The molecule has 5 rings (SSSR count). The second kappa shape index (κ2) is 7.56. The maximum absolute atomic E-state index is 13.3. The summed E-state index contributed by atoms with van der Waals surface area (Å²) in [4.78, 5) is 26.2. The Bertz CT molecular complexity index is 1080. The maximum Gasteiger partial charge on any atom is 0.312 e. The zero-order chi connectivity index (χ0) is 25.6. The van der Waals surface area contributed by atoms with Gasteiger partial charge in [0.1, 0.15) is 6.07 Å². The van der Waals surface area contributed by atoms with Crippen LogP contribution < -0.4 is 0 Å². The van der Waals surface area contributed by atoms with Gasteiger partial charge < -0.3 is 4.74 Å². The fourth-order valence-electron chi connectivity index (χ4n) is 10.0. The molecule has 0 aliphatic heterocycles. The summed E-state index contributed by atoms with van der Waals surface area (Å²) < 4.78 is 5.46. The number of ketones is 1. The Balaban J connectivity index is 1.64. The second-order valence-electron chi connectivity index (χ2n) is 14.1. The van der Waals surface area contributed by atoms with Crippen LogP contribution in [0.2, 0.25) is 0 Å². The van der Waals surface area contributed by atoms with Gasteiger partial charge in [-0.2, -0.15) is 5.26 Å². The van der Waals surface area contributed by atoms with Gasteiger partial charge in [-0.25, -0.2) is 0 Å². The Labute approximate surface area is 211 Å². The number of Topliss-reactive ketones (excluding diaryl/α,β-unsaturated/α-hetero) is 1. The van der Waals surface area contributed by atoms with Crippen molar-refractivity contribution >= 4 is 11.8 Å². The van der Waals surface area contributed by atoms with Crippen molar-refractivity contribution in [3.05, 3.63) is 23.3 Å². The van der Waals surface area contributed by atoms with E-state index in [1.807, 2.05) is 6.92 Å². The molecule has 5 aliphatic rings. The van der Waals surface area contributed by atoms with Crippen LogP contribution in [-0.2, 0) is 14.3 Å². The summed E-state index contributed by atoms with van der Waals surface area (Å²) in [5.74, 6) is 0.823. The number of hydrogen-bond donors (Lipinski definition) is 0. The van der Waals surface area contributed by atoms with Crippen LogP contribution in [-0.4, -0.2) is 18.9 Å². The molecule has 35 heavy (non-hydrogen) atoms. The molecule has 0 N–H and O–H groups in total. The highest BCUT2D eigenvalue weighted by atomic mass is 16.5. The van der Waals surface area contributed by atoms with Crippen LogP contribution in [0.5, 0.6) is 0 Å². The summed E-state index contributed by atoms with van der Waals surface area (Å²) >= 11 is 0. The molecular weight excluding hydrogens is 434 g/mol. The molecule has 0 bridgehead atoms. The van der Waals surface area contributed by atoms with E-state index in [4.69, 9.17) is 4.74 Å². The minimum Gasteiger partial charge on any atom is -0.469 e. The van der Waals surface area contributed by atoms with Gasteiger partial charge in [-0.3, -0.25) is 9.59 Å². The molecule has 0 aromatic rings. The molecule has 0 heterocycles. The molecule has 3 saturated carbocycles. The predicted molar refractivity (Wildman–Crippen MR) is 136 cm³/mol. The summed E-state index contributed by atoms with van der Waals surface area (Å²) in [6.07, 6.45) is 12.6. The van der Waals surface area contributed by atoms with Gasteiger partial charge in [0.2, 0.25) is 0 Å². The third-order valence-corrected chi connectivity index (χ3v) is 12.3. The average Bonchev–Trinajstić information content (AvgIpc) is 2.81. The molecule has 4 nitrogen and oxygen atoms in total. The van der Waals surface area contributed by atoms with Crippen molar-refractivity contribution in [1.82, 2.24) is 0 Å². The molecule has 0 aromatic carbocycles. The van der Waals surface area contributed by atoms with E-state index >= 15 is 0 Å². The Morgan fingerprint density at radius 3 is 2.43 bits per heavy atom. The number of esters is 1. The largest absolute Gasteiger partial charge is 0.469 e. The lowest BCUT2D eigenvalue weighted by Gasteiger charge is -2.69. The van der Waals surface area contributed by atoms with Gasteiger partial charge in [0, 0.05) is 5.92 Å². The van der Waals surface area contributed by atoms with Crippen LogP contribution in [0, 0.1) is 62.1 Å². The van der Waals surface area contributed by atoms with Gasteiger partial charge in [-0.05, 0) is 90.8 Å². The van der Waals surface area contributed by atoms with Crippen molar-refractivity contribution in [2.24, 2.45) is 50.7 Å². The van der Waals surface area contributed by atoms with Crippen molar-refractivity contribution in [3.8, 4) is 6.07 Å². The summed E-state index contributed by atoms with van der Waals surface area (Å²) in [5.41, 5.74) is 1.59. The smallest absolute Gasteiger partial charge is 0.312 e. The highest BCUT2D eigenvalue weighted by Crippen LogP contribution is 2.74. The molecule has 0 amide bonds. The molecule has 0 radical (unpaired) electrons. The number of ether oxygens (including phenoxy) is 1. The average molecular weight is 478 g/mol. The molecule has 5 aliphatic carbocycles. The monoisotopic (exact) mass is 477 g/mol. The van der Waals surface area contributed by atoms with Gasteiger partial charge in [0.05, 0.1) is 18.1 Å². The van der Waals surface area contributed by atoms with E-state index in [1.54, 1.807) is 7.11 Å². The highest BCUT2D eigenvalue weighted by molar-refractivity contribution is 6.01. The van der Waals surface area contributed by atoms with E-state index in [9.17, 15) is 14.9 Å². The zero-order valence-corrected chi connectivity index (χ0v) is 22.8. The van der Waals surface area contributed by atoms with Crippen LogP contribution in [0.3, 0.4) is 0 Å². The fourth-order valence-corrected chi connectivity index (χ4v) is 10.0. The van der Waals surface area contributed by atoms with Crippen molar-refractivity contribution in [3.63, 3.8) is 0 Å². The van der Waals surface area contributed by atoms with Crippen molar-refractivity contribution < 1.29 is 14.3 Å². The quantitative estimate of drug-likeness (QED) is 0.307. The van der Waals surface area contributed by atoms with Crippen LogP contribution in [0.15, 0.2) is 23.3 Å². The van der Waals surface area contributed by atoms with E-state index in [0.717, 1.165) is 51.4 Å². The first kappa shape index (κ1) is 24.8. The number of rotatable bonds is 1. The first-order valence-corrected chi connectivity index (χ1v) is 13.8. The Morgan fingerprint density at radius 1 is 1.09 bits per heavy atom. The Hall–Kier alpha value is -1.89. The lowest BCUT2D eigenvalue weighted by atomic mass is 9.35. The molecule has 4 heteroatoms. The highest BCUT2D eigenvalue weighted by Gasteiger charge is 2.68. The van der Waals surface area contributed by atoms with Crippen molar-refractivity contribution in [2.75, 3.05) is 7.11 Å². The number of nitrogens with zero attached hydrogens (tertiary/aromatic N) is 1. The van der Waals surface area contributed by atoms with E-state index < -0.39 is 0 Å². The molecule has 3 fully saturated rings. The van der Waals surface area contributed by atoms with Gasteiger partial charge in [0.25, 0.3) is 0 Å². The predicted octanol–water partition coefficient (Wildman–Crippen LogP) is 6.81. The zero-order valence-electron chi connectivity index (χ0n) is 22.8. The van der Waals surface area contributed by atoms with E-state index in [0.29, 0.717) is 11.5 Å². The lowest BCUT2D eigenvalue weighted by Crippen LogP contribution is -2.63. The standard InChI is InChI=1S/C31H43NO3/c1-19-21-10-11-30(6)24(28(21,4)16-20(18-32)25(19)33)9-8-22-23-17-27(2,3)12-14-31(23,26(34)35-7)15-13-29(22,30)5/h8,16,19,21,23-24H,9-15,17H2,1-7H3.